The number of sulfonamides is 1. The summed E-state index contributed by atoms with van der Waals surface area (Å²) in [4.78, 5) is 0.236. The van der Waals surface area contributed by atoms with Crippen molar-refractivity contribution in [2.24, 2.45) is 0 Å². The van der Waals surface area contributed by atoms with Gasteiger partial charge in [0.25, 0.3) is 0 Å². The molecule has 0 bridgehead atoms. The Kier molecular flexibility index (Phi) is 6.07. The van der Waals surface area contributed by atoms with Crippen molar-refractivity contribution in [3.63, 3.8) is 0 Å². The molecule has 1 aliphatic rings. The van der Waals surface area contributed by atoms with Gasteiger partial charge in [0, 0.05) is 12.6 Å². The second kappa shape index (κ2) is 8.31. The molecule has 1 saturated heterocycles. The van der Waals surface area contributed by atoms with Crippen LogP contribution in [0.5, 0.6) is 11.5 Å². The molecule has 27 heavy (non-hydrogen) atoms. The fourth-order valence-electron chi connectivity index (χ4n) is 3.69. The predicted octanol–water partition coefficient (Wildman–Crippen LogP) is 4.32. The third kappa shape index (κ3) is 4.12. The Morgan fingerprint density at radius 2 is 1.74 bits per heavy atom. The summed E-state index contributed by atoms with van der Waals surface area (Å²) in [7, 11) is -0.609. The fourth-order valence-corrected chi connectivity index (χ4v) is 5.39. The third-order valence-corrected chi connectivity index (χ3v) is 7.00. The Morgan fingerprint density at radius 1 is 0.963 bits per heavy atom. The Bertz CT molecular complexity index is 895. The average Bonchev–Trinajstić information content (AvgIpc) is 2.94. The number of ether oxygens (including phenoxy) is 2. The highest BCUT2D eigenvalue weighted by molar-refractivity contribution is 7.89. The van der Waals surface area contributed by atoms with Crippen molar-refractivity contribution < 1.29 is 17.9 Å². The Morgan fingerprint density at radius 3 is 2.44 bits per heavy atom. The molecule has 0 N–H and O–H groups in total. The van der Waals surface area contributed by atoms with E-state index in [1.807, 2.05) is 25.1 Å². The largest absolute Gasteiger partial charge is 0.493 e. The Balaban J connectivity index is 2.04. The van der Waals surface area contributed by atoms with Gasteiger partial charge in [0.1, 0.15) is 0 Å². The number of rotatable bonds is 5. The second-order valence-corrected chi connectivity index (χ2v) is 8.80. The van der Waals surface area contributed by atoms with Gasteiger partial charge in [-0.2, -0.15) is 4.31 Å². The number of aryl methyl sites for hydroxylation is 1. The lowest BCUT2D eigenvalue weighted by atomic mass is 10.0. The summed E-state index contributed by atoms with van der Waals surface area (Å²) < 4.78 is 39.2. The summed E-state index contributed by atoms with van der Waals surface area (Å²) in [5.74, 6) is 0.933. The lowest BCUT2D eigenvalue weighted by Gasteiger charge is -2.30. The van der Waals surface area contributed by atoms with Gasteiger partial charge in [0.2, 0.25) is 10.0 Å². The average molecular weight is 390 g/mol. The maximum atomic E-state index is 13.5. The zero-order valence-electron chi connectivity index (χ0n) is 16.1. The lowest BCUT2D eigenvalue weighted by Crippen LogP contribution is -2.34. The molecule has 0 unspecified atom stereocenters. The summed E-state index contributed by atoms with van der Waals surface area (Å²) in [5.41, 5.74) is 2.20. The van der Waals surface area contributed by atoms with Crippen molar-refractivity contribution >= 4 is 10.0 Å². The van der Waals surface area contributed by atoms with E-state index in [-0.39, 0.29) is 10.9 Å². The summed E-state index contributed by atoms with van der Waals surface area (Å²) >= 11 is 0. The smallest absolute Gasteiger partial charge is 0.243 e. The van der Waals surface area contributed by atoms with Crippen LogP contribution >= 0.6 is 0 Å². The molecule has 5 nitrogen and oxygen atoms in total. The first kappa shape index (κ1) is 19.7. The zero-order valence-corrected chi connectivity index (χ0v) is 17.0. The summed E-state index contributed by atoms with van der Waals surface area (Å²) in [5, 5.41) is 0. The molecular weight excluding hydrogens is 362 g/mol. The number of nitrogens with zero attached hydrogens (tertiary/aromatic N) is 1. The zero-order chi connectivity index (χ0) is 19.4. The number of benzene rings is 2. The summed E-state index contributed by atoms with van der Waals surface area (Å²) in [6.07, 6.45) is 3.77. The van der Waals surface area contributed by atoms with Crippen LogP contribution in [0.15, 0.2) is 47.4 Å². The topological polar surface area (TPSA) is 55.8 Å². The molecular formula is C21H27NO4S. The first-order chi connectivity index (χ1) is 13.0. The molecule has 0 amide bonds. The highest BCUT2D eigenvalue weighted by Gasteiger charge is 2.34. The molecule has 3 rings (SSSR count). The van der Waals surface area contributed by atoms with Crippen LogP contribution in [0, 0.1) is 6.92 Å². The summed E-state index contributed by atoms with van der Waals surface area (Å²) in [6, 6.07) is 12.8. The summed E-state index contributed by atoms with van der Waals surface area (Å²) in [6.45, 7) is 2.56. The van der Waals surface area contributed by atoms with E-state index in [1.54, 1.807) is 22.5 Å². The van der Waals surface area contributed by atoms with Gasteiger partial charge < -0.3 is 9.47 Å². The van der Waals surface area contributed by atoms with E-state index in [0.717, 1.165) is 36.8 Å². The van der Waals surface area contributed by atoms with Crippen LogP contribution in [0.2, 0.25) is 0 Å². The van der Waals surface area contributed by atoms with Gasteiger partial charge in [-0.05, 0) is 37.5 Å². The highest BCUT2D eigenvalue weighted by Crippen LogP contribution is 2.37. The molecule has 0 aliphatic carbocycles. The monoisotopic (exact) mass is 389 g/mol. The van der Waals surface area contributed by atoms with Crippen molar-refractivity contribution in [1.82, 2.24) is 4.31 Å². The fraction of sp³-hybridized carbons (Fsp3) is 0.429. The van der Waals surface area contributed by atoms with Gasteiger partial charge in [-0.3, -0.25) is 0 Å². The van der Waals surface area contributed by atoms with Gasteiger partial charge in [0.05, 0.1) is 25.2 Å². The highest BCUT2D eigenvalue weighted by atomic mass is 32.2. The number of hydrogen-bond acceptors (Lipinski definition) is 4. The van der Waals surface area contributed by atoms with Crippen LogP contribution in [-0.4, -0.2) is 33.5 Å². The molecule has 0 saturated carbocycles. The molecule has 1 fully saturated rings. The molecule has 0 spiro atoms. The van der Waals surface area contributed by atoms with Crippen LogP contribution in [0.3, 0.4) is 0 Å². The van der Waals surface area contributed by atoms with Gasteiger partial charge in [-0.25, -0.2) is 8.42 Å². The van der Waals surface area contributed by atoms with E-state index < -0.39 is 10.0 Å². The molecule has 2 aromatic rings. The van der Waals surface area contributed by atoms with Gasteiger partial charge in [-0.15, -0.1) is 0 Å². The number of hydrogen-bond donors (Lipinski definition) is 0. The van der Waals surface area contributed by atoms with Crippen LogP contribution in [0.4, 0.5) is 0 Å². The maximum Gasteiger partial charge on any atom is 0.243 e. The minimum absolute atomic E-state index is 0.148. The normalized spacial score (nSPS) is 18.7. The van der Waals surface area contributed by atoms with Crippen molar-refractivity contribution in [3.05, 3.63) is 53.6 Å². The molecule has 6 heteroatoms. The van der Waals surface area contributed by atoms with Crippen molar-refractivity contribution in [2.45, 2.75) is 43.5 Å². The Labute approximate surface area is 162 Å². The molecule has 146 valence electrons. The lowest BCUT2D eigenvalue weighted by molar-refractivity contribution is 0.327. The molecule has 2 aromatic carbocycles. The van der Waals surface area contributed by atoms with Crippen LogP contribution in [0.25, 0.3) is 0 Å². The van der Waals surface area contributed by atoms with Crippen LogP contribution in [0.1, 0.15) is 42.9 Å². The van der Waals surface area contributed by atoms with Crippen molar-refractivity contribution in [1.29, 1.82) is 0 Å². The van der Waals surface area contributed by atoms with Crippen molar-refractivity contribution in [3.8, 4) is 11.5 Å². The third-order valence-electron chi connectivity index (χ3n) is 5.09. The van der Waals surface area contributed by atoms with Gasteiger partial charge in [0.15, 0.2) is 11.5 Å². The second-order valence-electron chi connectivity index (χ2n) is 6.91. The minimum Gasteiger partial charge on any atom is -0.493 e. The minimum atomic E-state index is -3.66. The Hall–Kier alpha value is -2.05. The molecule has 0 radical (unpaired) electrons. The molecule has 1 heterocycles. The van der Waals surface area contributed by atoms with E-state index in [9.17, 15) is 8.42 Å². The molecule has 1 atom stereocenters. The number of methoxy groups -OCH3 is 2. The van der Waals surface area contributed by atoms with E-state index in [0.29, 0.717) is 18.0 Å². The SMILES string of the molecule is COc1ccc(S(=O)(=O)N2CCCCC[C@@H]2c2cccc(C)c2)cc1OC. The van der Waals surface area contributed by atoms with Crippen LogP contribution in [-0.2, 0) is 10.0 Å². The van der Waals surface area contributed by atoms with Crippen molar-refractivity contribution in [2.75, 3.05) is 20.8 Å². The maximum absolute atomic E-state index is 13.5. The van der Waals surface area contributed by atoms with E-state index in [4.69, 9.17) is 9.47 Å². The first-order valence-corrected chi connectivity index (χ1v) is 10.7. The standard InChI is InChI=1S/C21H27NO4S/c1-16-8-7-9-17(14-16)19-10-5-4-6-13-22(19)27(23,24)18-11-12-20(25-2)21(15-18)26-3/h7-9,11-12,14-15,19H,4-6,10,13H2,1-3H3/t19-/m1/s1. The van der Waals surface area contributed by atoms with E-state index >= 15 is 0 Å². The molecule has 0 aromatic heterocycles. The first-order valence-electron chi connectivity index (χ1n) is 9.28. The van der Waals surface area contributed by atoms with Crippen LogP contribution < -0.4 is 9.47 Å². The predicted molar refractivity (Wildman–Crippen MR) is 106 cm³/mol. The molecule has 1 aliphatic heterocycles. The van der Waals surface area contributed by atoms with E-state index in [1.165, 1.54) is 14.2 Å². The van der Waals surface area contributed by atoms with Gasteiger partial charge in [-0.1, -0.05) is 42.7 Å². The van der Waals surface area contributed by atoms with Gasteiger partial charge >= 0.3 is 0 Å². The van der Waals surface area contributed by atoms with E-state index in [2.05, 4.69) is 6.07 Å². The quantitative estimate of drug-likeness (QED) is 0.764.